The summed E-state index contributed by atoms with van der Waals surface area (Å²) in [5.74, 6) is -0.994. The van der Waals surface area contributed by atoms with Gasteiger partial charge in [0.1, 0.15) is 11.5 Å². The summed E-state index contributed by atoms with van der Waals surface area (Å²) < 4.78 is 44.9. The van der Waals surface area contributed by atoms with E-state index in [0.717, 1.165) is 11.8 Å². The number of benzene rings is 1. The predicted octanol–water partition coefficient (Wildman–Crippen LogP) is 4.44. The average Bonchev–Trinajstić information content (AvgIpc) is 3.44. The molecule has 1 spiro atoms. The van der Waals surface area contributed by atoms with Gasteiger partial charge in [0.25, 0.3) is 5.56 Å². The third-order valence-corrected chi connectivity index (χ3v) is 10.4. The minimum atomic E-state index is -4.15. The highest BCUT2D eigenvalue weighted by molar-refractivity contribution is 7.90. The van der Waals surface area contributed by atoms with Gasteiger partial charge in [0.05, 0.1) is 34.4 Å². The van der Waals surface area contributed by atoms with Gasteiger partial charge in [0.15, 0.2) is 20.4 Å². The lowest BCUT2D eigenvalue weighted by Gasteiger charge is -2.61. The first-order valence-electron chi connectivity index (χ1n) is 15.3. The summed E-state index contributed by atoms with van der Waals surface area (Å²) in [5, 5.41) is 0.185. The number of nitrogens with one attached hydrogen (secondary N) is 1. The monoisotopic (exact) mass is 655 g/mol. The Hall–Kier alpha value is -4.91. The van der Waals surface area contributed by atoms with E-state index in [2.05, 4.69) is 21.5 Å². The second-order valence-electron chi connectivity index (χ2n) is 13.1. The van der Waals surface area contributed by atoms with Gasteiger partial charge in [-0.05, 0) is 55.2 Å². The van der Waals surface area contributed by atoms with Crippen LogP contribution in [0.5, 0.6) is 0 Å². The van der Waals surface area contributed by atoms with Crippen molar-refractivity contribution >= 4 is 43.5 Å². The van der Waals surface area contributed by atoms with Crippen molar-refractivity contribution in [2.75, 3.05) is 37.3 Å². The normalized spacial score (nSPS) is 15.8. The van der Waals surface area contributed by atoms with Crippen molar-refractivity contribution in [2.24, 2.45) is 5.41 Å². The summed E-state index contributed by atoms with van der Waals surface area (Å²) in [6.07, 6.45) is 5.43. The third kappa shape index (κ3) is 4.66. The number of anilines is 1. The van der Waals surface area contributed by atoms with Gasteiger partial charge >= 0.3 is 0 Å². The van der Waals surface area contributed by atoms with Crippen molar-refractivity contribution in [1.82, 2.24) is 29.4 Å². The SMILES string of the molecule is C=CC(=O)N1CC2(C1)CN(c1c(S(C)(=O)=O)c(=O)n(-c3c(C)ccnc3C(C)C)c3nc(-c4c(C)ccc5[nH]cnc45)c(F)cc13)C2. The zero-order valence-corrected chi connectivity index (χ0v) is 27.6. The zero-order chi connectivity index (χ0) is 33.6. The Labute approximate surface area is 270 Å². The first kappa shape index (κ1) is 30.7. The number of amides is 1. The summed E-state index contributed by atoms with van der Waals surface area (Å²) in [6, 6.07) is 6.72. The Bertz CT molecular complexity index is 2330. The molecular weight excluding hydrogens is 621 g/mol. The number of hydrogen-bond donors (Lipinski definition) is 1. The molecule has 11 nitrogen and oxygen atoms in total. The van der Waals surface area contributed by atoms with Gasteiger partial charge in [-0.2, -0.15) is 0 Å². The fourth-order valence-electron chi connectivity index (χ4n) is 7.14. The number of H-pyrrole nitrogens is 1. The summed E-state index contributed by atoms with van der Waals surface area (Å²) in [4.78, 5) is 46.8. The van der Waals surface area contributed by atoms with E-state index < -0.39 is 26.1 Å². The fraction of sp³-hybridized carbons (Fsp3) is 0.324. The fourth-order valence-corrected chi connectivity index (χ4v) is 8.14. The van der Waals surface area contributed by atoms with Gasteiger partial charge in [0.2, 0.25) is 5.91 Å². The second-order valence-corrected chi connectivity index (χ2v) is 15.1. The lowest BCUT2D eigenvalue weighted by atomic mass is 9.72. The van der Waals surface area contributed by atoms with Crippen molar-refractivity contribution in [3.63, 3.8) is 0 Å². The first-order chi connectivity index (χ1) is 22.2. The quantitative estimate of drug-likeness (QED) is 0.266. The molecule has 0 aliphatic carbocycles. The van der Waals surface area contributed by atoms with E-state index in [1.54, 1.807) is 22.1 Å². The number of rotatable bonds is 6. The van der Waals surface area contributed by atoms with E-state index in [1.165, 1.54) is 23.0 Å². The van der Waals surface area contributed by atoms with Crippen molar-refractivity contribution in [3.05, 3.63) is 82.4 Å². The van der Waals surface area contributed by atoms with Crippen LogP contribution in [-0.4, -0.2) is 76.2 Å². The number of aryl methyl sites for hydroxylation is 2. The molecule has 0 unspecified atom stereocenters. The Morgan fingerprint density at radius 2 is 1.81 bits per heavy atom. The molecule has 0 atom stereocenters. The van der Waals surface area contributed by atoms with Gasteiger partial charge in [-0.3, -0.25) is 19.1 Å². The number of halogens is 1. The Kier molecular flexibility index (Phi) is 6.90. The van der Waals surface area contributed by atoms with Gasteiger partial charge in [-0.1, -0.05) is 26.5 Å². The first-order valence-corrected chi connectivity index (χ1v) is 17.2. The van der Waals surface area contributed by atoms with Gasteiger partial charge in [-0.15, -0.1) is 0 Å². The largest absolute Gasteiger partial charge is 0.368 e. The number of nitrogens with zero attached hydrogens (tertiary/aromatic N) is 6. The van der Waals surface area contributed by atoms with Crippen molar-refractivity contribution in [2.45, 2.75) is 38.5 Å². The number of likely N-dealkylation sites (tertiary alicyclic amines) is 1. The summed E-state index contributed by atoms with van der Waals surface area (Å²) in [6.45, 7) is 12.8. The van der Waals surface area contributed by atoms with Crippen LogP contribution in [0.2, 0.25) is 0 Å². The molecule has 1 aromatic carbocycles. The molecule has 1 N–H and O–H groups in total. The molecule has 2 aliphatic heterocycles. The Morgan fingerprint density at radius 1 is 1.09 bits per heavy atom. The van der Waals surface area contributed by atoms with Crippen LogP contribution in [0.15, 0.2) is 59.1 Å². The molecule has 13 heteroatoms. The molecule has 2 saturated heterocycles. The van der Waals surface area contributed by atoms with Crippen LogP contribution >= 0.6 is 0 Å². The lowest BCUT2D eigenvalue weighted by Crippen LogP contribution is -2.73. The number of fused-ring (bicyclic) bond motifs is 2. The number of sulfone groups is 1. The molecule has 7 rings (SSSR count). The molecule has 5 aromatic rings. The topological polar surface area (TPSA) is 134 Å². The van der Waals surface area contributed by atoms with E-state index >= 15 is 4.39 Å². The zero-order valence-electron chi connectivity index (χ0n) is 26.8. The lowest BCUT2D eigenvalue weighted by molar-refractivity contribution is -0.139. The van der Waals surface area contributed by atoms with Crippen LogP contribution in [0.3, 0.4) is 0 Å². The third-order valence-electron chi connectivity index (χ3n) is 9.28. The van der Waals surface area contributed by atoms with Crippen LogP contribution < -0.4 is 10.5 Å². The van der Waals surface area contributed by atoms with E-state index in [9.17, 15) is 18.0 Å². The smallest absolute Gasteiger partial charge is 0.277 e. The van der Waals surface area contributed by atoms with Crippen LogP contribution in [0, 0.1) is 25.1 Å². The highest BCUT2D eigenvalue weighted by Gasteiger charge is 2.54. The molecule has 6 heterocycles. The summed E-state index contributed by atoms with van der Waals surface area (Å²) in [7, 11) is -4.15. The van der Waals surface area contributed by atoms with E-state index in [4.69, 9.17) is 4.98 Å². The summed E-state index contributed by atoms with van der Waals surface area (Å²) >= 11 is 0. The molecular formula is C34H34FN7O4S. The van der Waals surface area contributed by atoms with Crippen LogP contribution in [0.25, 0.3) is 39.0 Å². The van der Waals surface area contributed by atoms with E-state index in [0.29, 0.717) is 59.7 Å². The van der Waals surface area contributed by atoms with Gasteiger partial charge in [-0.25, -0.2) is 22.8 Å². The van der Waals surface area contributed by atoms with Crippen molar-refractivity contribution < 1.29 is 17.6 Å². The molecule has 2 fully saturated rings. The number of aromatic amines is 1. The Balaban J connectivity index is 1.56. The standard InChI is InChI=1S/C34H34FN7O4S/c1-7-24(43)40-13-34(14-40)15-41(16-34)30-21-12-22(35)27(25-19(4)8-9-23-28(25)38-17-37-23)39-32(21)42(33(44)31(30)47(6,45)46)29-20(5)10-11-36-26(29)18(2)3/h7-12,17-18H,1,13-16H2,2-6H3,(H,37,38). The number of aromatic nitrogens is 5. The van der Waals surface area contributed by atoms with Gasteiger partial charge < -0.3 is 14.8 Å². The maximum atomic E-state index is 16.5. The van der Waals surface area contributed by atoms with Crippen molar-refractivity contribution in [3.8, 4) is 16.9 Å². The maximum absolute atomic E-state index is 16.5. The molecule has 47 heavy (non-hydrogen) atoms. The molecule has 0 saturated carbocycles. The molecule has 0 radical (unpaired) electrons. The number of pyridine rings is 3. The average molecular weight is 656 g/mol. The number of hydrogen-bond acceptors (Lipinski definition) is 8. The summed E-state index contributed by atoms with van der Waals surface area (Å²) in [5.41, 5.74) is 3.23. The number of imidazole rings is 1. The van der Waals surface area contributed by atoms with Crippen LogP contribution in [0.1, 0.15) is 36.6 Å². The highest BCUT2D eigenvalue weighted by Crippen LogP contribution is 2.46. The highest BCUT2D eigenvalue weighted by atomic mass is 32.2. The second kappa shape index (κ2) is 10.6. The molecule has 0 bridgehead atoms. The van der Waals surface area contributed by atoms with Crippen molar-refractivity contribution in [1.29, 1.82) is 0 Å². The van der Waals surface area contributed by atoms with Crippen LogP contribution in [0.4, 0.5) is 10.1 Å². The molecule has 242 valence electrons. The van der Waals surface area contributed by atoms with E-state index in [-0.39, 0.29) is 39.7 Å². The molecule has 4 aromatic heterocycles. The van der Waals surface area contributed by atoms with E-state index in [1.807, 2.05) is 39.8 Å². The van der Waals surface area contributed by atoms with Crippen LogP contribution in [-0.2, 0) is 14.6 Å². The molecule has 2 aliphatic rings. The minimum Gasteiger partial charge on any atom is -0.368 e. The Morgan fingerprint density at radius 3 is 2.47 bits per heavy atom. The molecule has 1 amide bonds. The number of carbonyl (C=O) groups is 1. The minimum absolute atomic E-state index is 0.0100. The number of carbonyl (C=O) groups excluding carboxylic acids is 1. The van der Waals surface area contributed by atoms with Gasteiger partial charge in [0, 0.05) is 55.0 Å². The maximum Gasteiger partial charge on any atom is 0.277 e. The predicted molar refractivity (Wildman–Crippen MR) is 178 cm³/mol.